The van der Waals surface area contributed by atoms with Gasteiger partial charge in [0, 0.05) is 17.3 Å². The summed E-state index contributed by atoms with van der Waals surface area (Å²) in [6.45, 7) is 1.85. The average molecular weight is 281 g/mol. The minimum absolute atomic E-state index is 0.0394. The Morgan fingerprint density at radius 2 is 2.53 bits per heavy atom. The fraction of sp³-hybridized carbons (Fsp3) is 0.538. The van der Waals surface area contributed by atoms with Gasteiger partial charge in [-0.3, -0.25) is 4.79 Å². The summed E-state index contributed by atoms with van der Waals surface area (Å²) in [5, 5.41) is 16.4. The summed E-state index contributed by atoms with van der Waals surface area (Å²) in [4.78, 5) is 13.6. The van der Waals surface area contributed by atoms with Crippen molar-refractivity contribution < 1.29 is 10.0 Å². The largest absolute Gasteiger partial charge is 0.409 e. The lowest BCUT2D eigenvalue weighted by Crippen LogP contribution is -2.39. The highest BCUT2D eigenvalue weighted by Crippen LogP contribution is 2.35. The second-order valence-electron chi connectivity index (χ2n) is 4.95. The monoisotopic (exact) mass is 281 g/mol. The molecule has 0 saturated heterocycles. The molecule has 1 heterocycles. The van der Waals surface area contributed by atoms with Crippen molar-refractivity contribution in [2.75, 3.05) is 0 Å². The van der Waals surface area contributed by atoms with Gasteiger partial charge in [0.05, 0.1) is 5.92 Å². The van der Waals surface area contributed by atoms with Crippen LogP contribution >= 0.6 is 11.3 Å². The van der Waals surface area contributed by atoms with Gasteiger partial charge in [-0.1, -0.05) is 5.16 Å². The van der Waals surface area contributed by atoms with Gasteiger partial charge < -0.3 is 16.3 Å². The Morgan fingerprint density at radius 1 is 1.74 bits per heavy atom. The van der Waals surface area contributed by atoms with Crippen LogP contribution in [0.4, 0.5) is 0 Å². The molecule has 104 valence electrons. The number of aryl methyl sites for hydroxylation is 1. The third-order valence-corrected chi connectivity index (χ3v) is 4.40. The van der Waals surface area contributed by atoms with Gasteiger partial charge in [0.25, 0.3) is 0 Å². The van der Waals surface area contributed by atoms with Crippen LogP contribution in [0.3, 0.4) is 0 Å². The summed E-state index contributed by atoms with van der Waals surface area (Å²) in [5.41, 5.74) is 6.61. The van der Waals surface area contributed by atoms with E-state index in [0.29, 0.717) is 6.42 Å². The number of hydrogen-bond donors (Lipinski definition) is 3. The molecular weight excluding hydrogens is 262 g/mol. The van der Waals surface area contributed by atoms with Gasteiger partial charge in [-0.25, -0.2) is 0 Å². The van der Waals surface area contributed by atoms with E-state index in [1.807, 2.05) is 6.92 Å². The van der Waals surface area contributed by atoms with E-state index < -0.39 is 0 Å². The highest BCUT2D eigenvalue weighted by atomic mass is 32.1. The molecule has 0 aliphatic heterocycles. The predicted octanol–water partition coefficient (Wildman–Crippen LogP) is 1.81. The molecule has 1 aromatic heterocycles. The molecule has 5 nitrogen and oxygen atoms in total. The van der Waals surface area contributed by atoms with Gasteiger partial charge >= 0.3 is 0 Å². The molecule has 0 radical (unpaired) electrons. The molecule has 4 N–H and O–H groups in total. The number of nitrogens with two attached hydrogens (primary N) is 1. The van der Waals surface area contributed by atoms with E-state index in [-0.39, 0.29) is 23.7 Å². The molecule has 2 rings (SSSR count). The number of thiophene rings is 1. The number of amidine groups is 1. The zero-order chi connectivity index (χ0) is 13.8. The number of amides is 1. The molecule has 0 spiro atoms. The number of fused-ring (bicyclic) bond motifs is 1. The number of oxime groups is 1. The van der Waals surface area contributed by atoms with Crippen LogP contribution < -0.4 is 11.1 Å². The van der Waals surface area contributed by atoms with Gasteiger partial charge in [-0.05, 0) is 43.2 Å². The van der Waals surface area contributed by atoms with Crippen LogP contribution in [0.1, 0.15) is 42.5 Å². The Labute approximate surface area is 116 Å². The van der Waals surface area contributed by atoms with E-state index in [4.69, 9.17) is 10.9 Å². The molecule has 0 saturated carbocycles. The molecule has 1 aliphatic rings. The lowest BCUT2D eigenvalue weighted by atomic mass is 9.87. The number of carbonyl (C=O) groups is 1. The Kier molecular flexibility index (Phi) is 4.42. The summed E-state index contributed by atoms with van der Waals surface area (Å²) < 4.78 is 0. The van der Waals surface area contributed by atoms with Crippen LogP contribution in [0.5, 0.6) is 0 Å². The number of nitrogens with one attached hydrogen (secondary N) is 1. The summed E-state index contributed by atoms with van der Waals surface area (Å²) in [6.07, 6.45) is 3.38. The maximum absolute atomic E-state index is 12.3. The van der Waals surface area contributed by atoms with Gasteiger partial charge in [-0.2, -0.15) is 0 Å². The first-order valence-electron chi connectivity index (χ1n) is 6.45. The molecule has 2 atom stereocenters. The van der Waals surface area contributed by atoms with Crippen molar-refractivity contribution in [2.24, 2.45) is 10.9 Å². The molecule has 19 heavy (non-hydrogen) atoms. The van der Waals surface area contributed by atoms with E-state index >= 15 is 0 Å². The van der Waals surface area contributed by atoms with Crippen LogP contribution in [0.15, 0.2) is 16.6 Å². The minimum Gasteiger partial charge on any atom is -0.409 e. The van der Waals surface area contributed by atoms with Gasteiger partial charge in [-0.15, -0.1) is 11.3 Å². The van der Waals surface area contributed by atoms with Crippen LogP contribution in [0.25, 0.3) is 0 Å². The standard InChI is InChI=1S/C13H19N3O2S/c1-8(7-12(14)16-18)15-13(17)10-3-2-4-11-9(10)5-6-19-11/h5-6,8,10,18H,2-4,7H2,1H3,(H2,14,16)(H,15,17). The number of carbonyl (C=O) groups excluding carboxylic acids is 1. The second kappa shape index (κ2) is 6.06. The summed E-state index contributed by atoms with van der Waals surface area (Å²) >= 11 is 1.73. The molecule has 1 aliphatic carbocycles. The molecule has 0 bridgehead atoms. The predicted molar refractivity (Wildman–Crippen MR) is 75.6 cm³/mol. The van der Waals surface area contributed by atoms with Crippen LogP contribution in [-0.4, -0.2) is 23.0 Å². The Balaban J connectivity index is 1.98. The number of hydrogen-bond acceptors (Lipinski definition) is 4. The Hall–Kier alpha value is -1.56. The fourth-order valence-electron chi connectivity index (χ4n) is 2.51. The third-order valence-electron chi connectivity index (χ3n) is 3.40. The highest BCUT2D eigenvalue weighted by molar-refractivity contribution is 7.10. The summed E-state index contributed by atoms with van der Waals surface area (Å²) in [5.74, 6) is 0.120. The molecule has 1 aromatic rings. The first-order chi connectivity index (χ1) is 9.11. The van der Waals surface area contributed by atoms with E-state index in [1.54, 1.807) is 11.3 Å². The van der Waals surface area contributed by atoms with E-state index in [2.05, 4.69) is 21.9 Å². The van der Waals surface area contributed by atoms with Crippen molar-refractivity contribution in [3.63, 3.8) is 0 Å². The van der Waals surface area contributed by atoms with Crippen molar-refractivity contribution in [1.29, 1.82) is 0 Å². The SMILES string of the molecule is CC(C/C(N)=N/O)NC(=O)C1CCCc2sccc21. The molecule has 0 fully saturated rings. The first kappa shape index (κ1) is 13.9. The summed E-state index contributed by atoms with van der Waals surface area (Å²) in [7, 11) is 0. The van der Waals surface area contributed by atoms with Gasteiger partial charge in [0.1, 0.15) is 5.84 Å². The van der Waals surface area contributed by atoms with Crippen molar-refractivity contribution in [2.45, 2.75) is 44.6 Å². The molecule has 6 heteroatoms. The van der Waals surface area contributed by atoms with Crippen LogP contribution in [0, 0.1) is 0 Å². The Bertz CT molecular complexity index is 484. The summed E-state index contributed by atoms with van der Waals surface area (Å²) in [6, 6.07) is 1.92. The maximum atomic E-state index is 12.3. The van der Waals surface area contributed by atoms with E-state index in [1.165, 1.54) is 10.4 Å². The van der Waals surface area contributed by atoms with Gasteiger partial charge in [0.2, 0.25) is 5.91 Å². The number of nitrogens with zero attached hydrogens (tertiary/aromatic N) is 1. The van der Waals surface area contributed by atoms with Crippen molar-refractivity contribution in [3.8, 4) is 0 Å². The Morgan fingerprint density at radius 3 is 3.26 bits per heavy atom. The van der Waals surface area contributed by atoms with Crippen LogP contribution in [-0.2, 0) is 11.2 Å². The minimum atomic E-state index is -0.132. The molecular formula is C13H19N3O2S. The van der Waals surface area contributed by atoms with Crippen LogP contribution in [0.2, 0.25) is 0 Å². The lowest BCUT2D eigenvalue weighted by Gasteiger charge is -2.23. The molecule has 2 unspecified atom stereocenters. The van der Waals surface area contributed by atoms with Gasteiger partial charge in [0.15, 0.2) is 0 Å². The lowest BCUT2D eigenvalue weighted by molar-refractivity contribution is -0.123. The zero-order valence-corrected chi connectivity index (χ0v) is 11.7. The van der Waals surface area contributed by atoms with Crippen molar-refractivity contribution in [1.82, 2.24) is 5.32 Å². The second-order valence-corrected chi connectivity index (χ2v) is 5.95. The quantitative estimate of drug-likeness (QED) is 0.340. The maximum Gasteiger partial charge on any atom is 0.227 e. The molecule has 0 aromatic carbocycles. The smallest absolute Gasteiger partial charge is 0.227 e. The highest BCUT2D eigenvalue weighted by Gasteiger charge is 2.27. The zero-order valence-electron chi connectivity index (χ0n) is 10.9. The topological polar surface area (TPSA) is 87.7 Å². The fourth-order valence-corrected chi connectivity index (χ4v) is 3.50. The normalized spacial score (nSPS) is 20.7. The van der Waals surface area contributed by atoms with E-state index in [9.17, 15) is 4.79 Å². The first-order valence-corrected chi connectivity index (χ1v) is 7.32. The molecule has 1 amide bonds. The van der Waals surface area contributed by atoms with E-state index in [0.717, 1.165) is 19.3 Å². The number of rotatable bonds is 4. The van der Waals surface area contributed by atoms with Crippen molar-refractivity contribution >= 4 is 23.1 Å². The average Bonchev–Trinajstić information content (AvgIpc) is 2.86. The third kappa shape index (κ3) is 3.26. The van der Waals surface area contributed by atoms with Crippen molar-refractivity contribution in [3.05, 3.63) is 21.9 Å².